The zero-order valence-electron chi connectivity index (χ0n) is 20.1. The van der Waals surface area contributed by atoms with Crippen LogP contribution in [-0.2, 0) is 9.53 Å². The molecule has 37 heavy (non-hydrogen) atoms. The van der Waals surface area contributed by atoms with E-state index in [1.54, 1.807) is 29.7 Å². The predicted octanol–water partition coefficient (Wildman–Crippen LogP) is 6.26. The van der Waals surface area contributed by atoms with Crippen molar-refractivity contribution in [1.29, 1.82) is 0 Å². The zero-order chi connectivity index (χ0) is 25.2. The Labute approximate surface area is 218 Å². The van der Waals surface area contributed by atoms with Crippen LogP contribution < -0.4 is 0 Å². The molecule has 0 saturated carbocycles. The molecule has 0 saturated heterocycles. The van der Waals surface area contributed by atoms with E-state index in [4.69, 9.17) is 19.4 Å². The van der Waals surface area contributed by atoms with E-state index in [0.29, 0.717) is 17.9 Å². The summed E-state index contributed by atoms with van der Waals surface area (Å²) in [6.45, 7) is 0. The van der Waals surface area contributed by atoms with Gasteiger partial charge in [-0.1, -0.05) is 54.6 Å². The van der Waals surface area contributed by atoms with Gasteiger partial charge in [0.1, 0.15) is 17.2 Å². The van der Waals surface area contributed by atoms with Crippen molar-refractivity contribution < 1.29 is 13.9 Å². The van der Waals surface area contributed by atoms with Crippen LogP contribution in [0.15, 0.2) is 112 Å². The molecule has 6 rings (SSSR count). The summed E-state index contributed by atoms with van der Waals surface area (Å²) in [6, 6.07) is 26.8. The van der Waals surface area contributed by atoms with Crippen molar-refractivity contribution in [3.63, 3.8) is 0 Å². The summed E-state index contributed by atoms with van der Waals surface area (Å²) < 4.78 is 13.2. The Morgan fingerprint density at radius 1 is 1.03 bits per heavy atom. The molecule has 1 amide bonds. The third-order valence-electron chi connectivity index (χ3n) is 6.38. The van der Waals surface area contributed by atoms with Crippen molar-refractivity contribution in [1.82, 2.24) is 14.8 Å². The van der Waals surface area contributed by atoms with Gasteiger partial charge in [0, 0.05) is 25.3 Å². The van der Waals surface area contributed by atoms with Gasteiger partial charge in [0.25, 0.3) is 5.91 Å². The minimum absolute atomic E-state index is 0.246. The average molecular weight is 509 g/mol. The Morgan fingerprint density at radius 3 is 2.49 bits per heavy atom. The largest absolute Gasteiger partial charge is 0.463 e. The molecule has 5 aromatic rings. The Bertz CT molecular complexity index is 1510. The van der Waals surface area contributed by atoms with E-state index < -0.39 is 6.10 Å². The highest BCUT2D eigenvalue weighted by atomic mass is 32.1. The topological polar surface area (TPSA) is 72.9 Å². The molecule has 1 aliphatic rings. The fraction of sp³-hybridized carbons (Fsp3) is 0.138. The average Bonchev–Trinajstić information content (AvgIpc) is 3.76. The molecule has 0 aliphatic carbocycles. The fourth-order valence-electron chi connectivity index (χ4n) is 4.62. The minimum atomic E-state index is -0.794. The summed E-state index contributed by atoms with van der Waals surface area (Å²) >= 11 is 1.61. The van der Waals surface area contributed by atoms with E-state index in [2.05, 4.69) is 0 Å². The molecule has 3 aromatic heterocycles. The van der Waals surface area contributed by atoms with Crippen LogP contribution in [0.2, 0.25) is 0 Å². The molecule has 0 N–H and O–H groups in total. The van der Waals surface area contributed by atoms with Gasteiger partial charge in [-0.2, -0.15) is 10.2 Å². The van der Waals surface area contributed by atoms with Crippen LogP contribution in [0.25, 0.3) is 16.3 Å². The number of amides is 1. The second-order valence-electron chi connectivity index (χ2n) is 8.64. The van der Waals surface area contributed by atoms with E-state index in [1.807, 2.05) is 101 Å². The Kier molecular flexibility index (Phi) is 6.26. The van der Waals surface area contributed by atoms with Gasteiger partial charge in [0.15, 0.2) is 6.10 Å². The summed E-state index contributed by atoms with van der Waals surface area (Å²) in [4.78, 5) is 15.0. The Morgan fingerprint density at radius 2 is 1.81 bits per heavy atom. The zero-order valence-corrected chi connectivity index (χ0v) is 20.9. The number of ether oxygens (including phenoxy) is 1. The van der Waals surface area contributed by atoms with E-state index in [9.17, 15) is 4.79 Å². The number of hydrogen-bond acceptors (Lipinski definition) is 6. The van der Waals surface area contributed by atoms with Crippen LogP contribution in [0.1, 0.15) is 35.5 Å². The highest BCUT2D eigenvalue weighted by Gasteiger charge is 2.40. The maximum absolute atomic E-state index is 14.0. The molecule has 0 radical (unpaired) electrons. The first-order valence-corrected chi connectivity index (χ1v) is 12.8. The van der Waals surface area contributed by atoms with Crippen molar-refractivity contribution in [3.8, 4) is 16.3 Å². The molecule has 7 nitrogen and oxygen atoms in total. The van der Waals surface area contributed by atoms with E-state index in [0.717, 1.165) is 27.4 Å². The van der Waals surface area contributed by atoms with Crippen LogP contribution in [0.4, 0.5) is 0 Å². The molecule has 0 spiro atoms. The van der Waals surface area contributed by atoms with Gasteiger partial charge in [-0.3, -0.25) is 4.79 Å². The summed E-state index contributed by atoms with van der Waals surface area (Å²) in [6.07, 6.45) is 3.31. The lowest BCUT2D eigenvalue weighted by atomic mass is 9.99. The summed E-state index contributed by atoms with van der Waals surface area (Å²) in [5.74, 6) is 0.395. The number of furan rings is 1. The number of thiophene rings is 1. The number of hydrazone groups is 1. The van der Waals surface area contributed by atoms with Crippen LogP contribution in [0.5, 0.6) is 0 Å². The molecular weight excluding hydrogens is 484 g/mol. The van der Waals surface area contributed by atoms with Gasteiger partial charge in [-0.15, -0.1) is 11.3 Å². The number of para-hydroxylation sites is 1. The van der Waals surface area contributed by atoms with E-state index >= 15 is 0 Å². The van der Waals surface area contributed by atoms with Crippen molar-refractivity contribution in [2.45, 2.75) is 18.6 Å². The van der Waals surface area contributed by atoms with Crippen molar-refractivity contribution in [2.24, 2.45) is 5.10 Å². The Balaban J connectivity index is 1.46. The van der Waals surface area contributed by atoms with Crippen LogP contribution in [0, 0.1) is 0 Å². The molecule has 8 heteroatoms. The first kappa shape index (κ1) is 23.1. The number of carbonyl (C=O) groups is 1. The molecular formula is C29H24N4O3S. The highest BCUT2D eigenvalue weighted by molar-refractivity contribution is 7.13. The van der Waals surface area contributed by atoms with Crippen LogP contribution in [-0.4, -0.2) is 33.5 Å². The molecule has 0 unspecified atom stereocenters. The molecule has 0 bridgehead atoms. The molecule has 1 aliphatic heterocycles. The molecule has 184 valence electrons. The van der Waals surface area contributed by atoms with E-state index in [1.165, 1.54) is 0 Å². The predicted molar refractivity (Wildman–Crippen MR) is 143 cm³/mol. The second-order valence-corrected chi connectivity index (χ2v) is 9.59. The van der Waals surface area contributed by atoms with Gasteiger partial charge in [-0.05, 0) is 41.3 Å². The van der Waals surface area contributed by atoms with Gasteiger partial charge < -0.3 is 9.15 Å². The number of aromatic nitrogens is 2. The first-order chi connectivity index (χ1) is 18.2. The number of carbonyl (C=O) groups excluding carboxylic acids is 1. The maximum Gasteiger partial charge on any atom is 0.276 e. The van der Waals surface area contributed by atoms with Crippen molar-refractivity contribution >= 4 is 23.0 Å². The van der Waals surface area contributed by atoms with E-state index in [-0.39, 0.29) is 11.9 Å². The summed E-state index contributed by atoms with van der Waals surface area (Å²) in [5, 5.41) is 13.3. The number of hydrogen-bond donors (Lipinski definition) is 0. The van der Waals surface area contributed by atoms with Crippen molar-refractivity contribution in [2.75, 3.05) is 7.11 Å². The monoisotopic (exact) mass is 508 g/mol. The summed E-state index contributed by atoms with van der Waals surface area (Å²) in [7, 11) is 1.54. The lowest BCUT2D eigenvalue weighted by molar-refractivity contribution is -0.144. The smallest absolute Gasteiger partial charge is 0.276 e. The SMILES string of the molecule is CO[C@H](C(=O)N1N=C(c2ccco2)C[C@@H]1c1cn(-c2ccccc2)nc1-c1cccs1)c1ccccc1. The minimum Gasteiger partial charge on any atom is -0.463 e. The van der Waals surface area contributed by atoms with Gasteiger partial charge in [0.05, 0.1) is 22.9 Å². The van der Waals surface area contributed by atoms with Gasteiger partial charge >= 0.3 is 0 Å². The van der Waals surface area contributed by atoms with Gasteiger partial charge in [0.2, 0.25) is 0 Å². The lowest BCUT2D eigenvalue weighted by Gasteiger charge is -2.25. The number of methoxy groups -OCH3 is 1. The number of benzene rings is 2. The fourth-order valence-corrected chi connectivity index (χ4v) is 5.35. The molecule has 2 atom stereocenters. The number of rotatable bonds is 7. The molecule has 0 fully saturated rings. The quantitative estimate of drug-likeness (QED) is 0.260. The lowest BCUT2D eigenvalue weighted by Crippen LogP contribution is -2.32. The third kappa shape index (κ3) is 4.41. The van der Waals surface area contributed by atoms with Crippen molar-refractivity contribution in [3.05, 3.63) is 120 Å². The standard InChI is InChI=1S/C29H24N4O3S/c1-35-28(20-10-4-2-5-11-20)29(34)33-24(18-23(30-33)25-14-8-16-36-25)22-19-32(21-12-6-3-7-13-21)31-27(22)26-15-9-17-37-26/h2-17,19,24,28H,18H2,1H3/t24-,28+/m1/s1. The van der Waals surface area contributed by atoms with Crippen LogP contribution >= 0.6 is 11.3 Å². The first-order valence-electron chi connectivity index (χ1n) is 11.9. The molecule has 4 heterocycles. The second kappa shape index (κ2) is 10.0. The van der Waals surface area contributed by atoms with Gasteiger partial charge in [-0.25, -0.2) is 9.69 Å². The third-order valence-corrected chi connectivity index (χ3v) is 7.26. The Hall–Kier alpha value is -4.27. The number of nitrogens with zero attached hydrogens (tertiary/aromatic N) is 4. The van der Waals surface area contributed by atoms with Crippen LogP contribution in [0.3, 0.4) is 0 Å². The maximum atomic E-state index is 14.0. The normalized spacial score (nSPS) is 16.1. The molecule has 2 aromatic carbocycles. The highest BCUT2D eigenvalue weighted by Crippen LogP contribution is 2.41. The summed E-state index contributed by atoms with van der Waals surface area (Å²) in [5.41, 5.74) is 4.15.